The van der Waals surface area contributed by atoms with Crippen molar-refractivity contribution in [3.05, 3.63) is 0 Å². The van der Waals surface area contributed by atoms with E-state index < -0.39 is 0 Å². The van der Waals surface area contributed by atoms with Crippen LogP contribution in [0.2, 0.25) is 0 Å². The highest BCUT2D eigenvalue weighted by Crippen LogP contribution is 2.06. The number of amides is 1. The Bertz CT molecular complexity index is 170. The van der Waals surface area contributed by atoms with Crippen molar-refractivity contribution < 1.29 is 14.3 Å². The highest BCUT2D eigenvalue weighted by atomic mass is 16.5. The van der Waals surface area contributed by atoms with Gasteiger partial charge >= 0.3 is 5.97 Å². The molecule has 0 aromatic heterocycles. The first-order valence-corrected chi connectivity index (χ1v) is 4.47. The maximum absolute atomic E-state index is 10.6. The SMILES string of the molecule is CCC(CC(C)NC=O)OC(C)=O. The molecule has 0 spiro atoms. The van der Waals surface area contributed by atoms with E-state index in [2.05, 4.69) is 5.32 Å². The molecule has 0 heterocycles. The number of nitrogens with one attached hydrogen (secondary N) is 1. The molecule has 1 N–H and O–H groups in total. The molecule has 13 heavy (non-hydrogen) atoms. The van der Waals surface area contributed by atoms with Gasteiger partial charge in [0.25, 0.3) is 0 Å². The van der Waals surface area contributed by atoms with Crippen LogP contribution in [0.1, 0.15) is 33.6 Å². The Balaban J connectivity index is 3.81. The predicted octanol–water partition coefficient (Wildman–Crippen LogP) is 0.853. The molecule has 0 aliphatic carbocycles. The number of ether oxygens (including phenoxy) is 1. The fourth-order valence-corrected chi connectivity index (χ4v) is 1.11. The van der Waals surface area contributed by atoms with Crippen molar-refractivity contribution in [2.24, 2.45) is 0 Å². The van der Waals surface area contributed by atoms with E-state index in [0.29, 0.717) is 12.8 Å². The van der Waals surface area contributed by atoms with Crippen molar-refractivity contribution in [1.82, 2.24) is 5.32 Å². The average Bonchev–Trinajstić information content (AvgIpc) is 2.02. The lowest BCUT2D eigenvalue weighted by Crippen LogP contribution is -2.30. The molecule has 0 radical (unpaired) electrons. The zero-order chi connectivity index (χ0) is 10.3. The van der Waals surface area contributed by atoms with E-state index in [4.69, 9.17) is 4.74 Å². The maximum atomic E-state index is 10.6. The molecule has 2 unspecified atom stereocenters. The molecule has 4 heteroatoms. The van der Waals surface area contributed by atoms with E-state index in [0.717, 1.165) is 6.42 Å². The third-order valence-corrected chi connectivity index (χ3v) is 1.76. The van der Waals surface area contributed by atoms with E-state index in [1.54, 1.807) is 0 Å². The highest BCUT2D eigenvalue weighted by Gasteiger charge is 2.13. The molecule has 0 aliphatic rings. The van der Waals surface area contributed by atoms with E-state index in [9.17, 15) is 9.59 Å². The van der Waals surface area contributed by atoms with Gasteiger partial charge in [-0.1, -0.05) is 6.92 Å². The Morgan fingerprint density at radius 2 is 2.23 bits per heavy atom. The molecule has 0 saturated heterocycles. The van der Waals surface area contributed by atoms with Crippen LogP contribution in [0.15, 0.2) is 0 Å². The zero-order valence-corrected chi connectivity index (χ0v) is 8.37. The normalized spacial score (nSPS) is 14.4. The van der Waals surface area contributed by atoms with Gasteiger partial charge in [0.1, 0.15) is 6.10 Å². The van der Waals surface area contributed by atoms with Crippen LogP contribution in [-0.4, -0.2) is 24.5 Å². The van der Waals surface area contributed by atoms with Crippen molar-refractivity contribution in [1.29, 1.82) is 0 Å². The molecule has 0 aromatic rings. The summed E-state index contributed by atoms with van der Waals surface area (Å²) >= 11 is 0. The molecular weight excluding hydrogens is 170 g/mol. The molecule has 0 saturated carbocycles. The van der Waals surface area contributed by atoms with Gasteiger partial charge in [0, 0.05) is 19.4 Å². The van der Waals surface area contributed by atoms with Crippen LogP contribution in [0.5, 0.6) is 0 Å². The van der Waals surface area contributed by atoms with Gasteiger partial charge in [-0.3, -0.25) is 9.59 Å². The van der Waals surface area contributed by atoms with Crippen LogP contribution in [0, 0.1) is 0 Å². The molecular formula is C9H17NO3. The van der Waals surface area contributed by atoms with Crippen LogP contribution in [0.3, 0.4) is 0 Å². The summed E-state index contributed by atoms with van der Waals surface area (Å²) in [6.45, 7) is 5.21. The summed E-state index contributed by atoms with van der Waals surface area (Å²) in [6, 6.07) is 0.0433. The number of carbonyl (C=O) groups excluding carboxylic acids is 2. The van der Waals surface area contributed by atoms with Crippen LogP contribution >= 0.6 is 0 Å². The van der Waals surface area contributed by atoms with Gasteiger partial charge < -0.3 is 10.1 Å². The second-order valence-electron chi connectivity index (χ2n) is 3.06. The number of esters is 1. The van der Waals surface area contributed by atoms with E-state index in [1.807, 2.05) is 13.8 Å². The first-order chi connectivity index (χ1) is 6.10. The van der Waals surface area contributed by atoms with Gasteiger partial charge in [-0.25, -0.2) is 0 Å². The van der Waals surface area contributed by atoms with Gasteiger partial charge in [0.05, 0.1) is 0 Å². The van der Waals surface area contributed by atoms with Gasteiger partial charge in [-0.05, 0) is 13.3 Å². The van der Waals surface area contributed by atoms with Crippen LogP contribution in [0.4, 0.5) is 0 Å². The van der Waals surface area contributed by atoms with Crippen molar-refractivity contribution in [2.45, 2.75) is 45.8 Å². The number of hydrogen-bond acceptors (Lipinski definition) is 3. The lowest BCUT2D eigenvalue weighted by molar-refractivity contribution is -0.146. The van der Waals surface area contributed by atoms with Crippen molar-refractivity contribution in [3.63, 3.8) is 0 Å². The van der Waals surface area contributed by atoms with Crippen molar-refractivity contribution >= 4 is 12.4 Å². The largest absolute Gasteiger partial charge is 0.462 e. The summed E-state index contributed by atoms with van der Waals surface area (Å²) in [5, 5.41) is 2.61. The van der Waals surface area contributed by atoms with Gasteiger partial charge in [0.15, 0.2) is 0 Å². The third kappa shape index (κ3) is 6.13. The van der Waals surface area contributed by atoms with E-state index in [1.165, 1.54) is 6.92 Å². The number of carbonyl (C=O) groups is 2. The Morgan fingerprint density at radius 3 is 2.62 bits per heavy atom. The van der Waals surface area contributed by atoms with Crippen LogP contribution < -0.4 is 5.32 Å². The summed E-state index contributed by atoms with van der Waals surface area (Å²) < 4.78 is 5.02. The fraction of sp³-hybridized carbons (Fsp3) is 0.778. The number of rotatable bonds is 6. The Kier molecular flexibility index (Phi) is 5.93. The monoisotopic (exact) mass is 187 g/mol. The molecule has 0 aliphatic heterocycles. The average molecular weight is 187 g/mol. The van der Waals surface area contributed by atoms with E-state index in [-0.39, 0.29) is 18.1 Å². The second-order valence-corrected chi connectivity index (χ2v) is 3.06. The lowest BCUT2D eigenvalue weighted by Gasteiger charge is -2.18. The maximum Gasteiger partial charge on any atom is 0.302 e. The van der Waals surface area contributed by atoms with Crippen LogP contribution in [-0.2, 0) is 14.3 Å². The molecule has 2 atom stereocenters. The first kappa shape index (κ1) is 11.9. The molecule has 1 amide bonds. The Hall–Kier alpha value is -1.06. The third-order valence-electron chi connectivity index (χ3n) is 1.76. The summed E-state index contributed by atoms with van der Waals surface area (Å²) in [6.07, 6.45) is 1.99. The minimum absolute atomic E-state index is 0.0433. The summed E-state index contributed by atoms with van der Waals surface area (Å²) in [4.78, 5) is 20.7. The molecule has 4 nitrogen and oxygen atoms in total. The first-order valence-electron chi connectivity index (χ1n) is 4.47. The zero-order valence-electron chi connectivity index (χ0n) is 8.37. The molecule has 0 rings (SSSR count). The minimum atomic E-state index is -0.273. The summed E-state index contributed by atoms with van der Waals surface area (Å²) in [5.74, 6) is -0.273. The predicted molar refractivity (Wildman–Crippen MR) is 49.1 cm³/mol. The Labute approximate surface area is 78.6 Å². The smallest absolute Gasteiger partial charge is 0.302 e. The standard InChI is InChI=1S/C9H17NO3/c1-4-9(13-8(3)12)5-7(2)10-6-11/h6-7,9H,4-5H2,1-3H3,(H,10,11). The Morgan fingerprint density at radius 1 is 1.62 bits per heavy atom. The van der Waals surface area contributed by atoms with Gasteiger partial charge in [-0.2, -0.15) is 0 Å². The van der Waals surface area contributed by atoms with Gasteiger partial charge in [-0.15, -0.1) is 0 Å². The summed E-state index contributed by atoms with van der Waals surface area (Å²) in [5.41, 5.74) is 0. The molecule has 0 fully saturated rings. The second kappa shape index (κ2) is 6.46. The van der Waals surface area contributed by atoms with Gasteiger partial charge in [0.2, 0.25) is 6.41 Å². The topological polar surface area (TPSA) is 55.4 Å². The van der Waals surface area contributed by atoms with Crippen molar-refractivity contribution in [2.75, 3.05) is 0 Å². The van der Waals surface area contributed by atoms with Crippen LogP contribution in [0.25, 0.3) is 0 Å². The quantitative estimate of drug-likeness (QED) is 0.495. The molecule has 0 aromatic carbocycles. The summed E-state index contributed by atoms with van der Waals surface area (Å²) in [7, 11) is 0. The fourth-order valence-electron chi connectivity index (χ4n) is 1.11. The number of hydrogen-bond donors (Lipinski definition) is 1. The van der Waals surface area contributed by atoms with Crippen molar-refractivity contribution in [3.8, 4) is 0 Å². The van der Waals surface area contributed by atoms with E-state index >= 15 is 0 Å². The molecule has 76 valence electrons. The lowest BCUT2D eigenvalue weighted by atomic mass is 10.1. The highest BCUT2D eigenvalue weighted by molar-refractivity contribution is 5.66. The minimum Gasteiger partial charge on any atom is -0.462 e. The molecule has 0 bridgehead atoms.